The number of aldehydes is 1. The third kappa shape index (κ3) is 3.86. The molecule has 0 unspecified atom stereocenters. The molecular weight excluding hydrogens is 208 g/mol. The van der Waals surface area contributed by atoms with E-state index in [1.165, 1.54) is 0 Å². The van der Waals surface area contributed by atoms with Crippen LogP contribution in [-0.2, 0) is 11.3 Å². The molecule has 1 amide bonds. The van der Waals surface area contributed by atoms with E-state index in [-0.39, 0.29) is 5.91 Å². The van der Waals surface area contributed by atoms with E-state index in [2.05, 4.69) is 5.32 Å². The number of hydrogen-bond acceptors (Lipinski definition) is 4. The lowest BCUT2D eigenvalue weighted by atomic mass is 10.4. The fourth-order valence-corrected chi connectivity index (χ4v) is 1.36. The summed E-state index contributed by atoms with van der Waals surface area (Å²) < 4.78 is 5.20. The van der Waals surface area contributed by atoms with Gasteiger partial charge in [0.2, 0.25) is 5.91 Å². The van der Waals surface area contributed by atoms with Crippen molar-refractivity contribution in [1.82, 2.24) is 10.2 Å². The van der Waals surface area contributed by atoms with E-state index in [1.54, 1.807) is 12.1 Å². The second kappa shape index (κ2) is 6.07. The van der Waals surface area contributed by atoms with Gasteiger partial charge in [-0.3, -0.25) is 14.5 Å². The standard InChI is InChI=1S/C11H16N2O3/c1-3-12-11(15)7-13(2)6-9-4-5-10(8-14)16-9/h4-5,8H,3,6-7H2,1-2H3,(H,12,15). The highest BCUT2D eigenvalue weighted by Gasteiger charge is 2.08. The van der Waals surface area contributed by atoms with Crippen LogP contribution in [0.4, 0.5) is 0 Å². The maximum absolute atomic E-state index is 11.3. The van der Waals surface area contributed by atoms with Crippen LogP contribution in [-0.4, -0.2) is 37.2 Å². The largest absolute Gasteiger partial charge is 0.457 e. The van der Waals surface area contributed by atoms with Gasteiger partial charge in [0.1, 0.15) is 5.76 Å². The maximum Gasteiger partial charge on any atom is 0.234 e. The molecule has 0 fully saturated rings. The molecule has 0 aromatic carbocycles. The number of nitrogens with zero attached hydrogens (tertiary/aromatic N) is 1. The maximum atomic E-state index is 11.3. The average Bonchev–Trinajstić information content (AvgIpc) is 2.65. The van der Waals surface area contributed by atoms with Crippen LogP contribution in [0.15, 0.2) is 16.5 Å². The Bertz CT molecular complexity index is 360. The summed E-state index contributed by atoms with van der Waals surface area (Å²) in [6, 6.07) is 3.35. The first-order chi connectivity index (χ1) is 7.65. The molecule has 0 aliphatic heterocycles. The van der Waals surface area contributed by atoms with Gasteiger partial charge >= 0.3 is 0 Å². The average molecular weight is 224 g/mol. The summed E-state index contributed by atoms with van der Waals surface area (Å²) in [5.41, 5.74) is 0. The first-order valence-electron chi connectivity index (χ1n) is 5.14. The Hall–Kier alpha value is -1.62. The summed E-state index contributed by atoms with van der Waals surface area (Å²) in [5.74, 6) is 0.961. The zero-order valence-corrected chi connectivity index (χ0v) is 9.53. The van der Waals surface area contributed by atoms with Gasteiger partial charge in [0.05, 0.1) is 13.1 Å². The van der Waals surface area contributed by atoms with Crippen molar-refractivity contribution in [2.45, 2.75) is 13.5 Å². The van der Waals surface area contributed by atoms with E-state index in [1.807, 2.05) is 18.9 Å². The molecule has 0 bridgehead atoms. The van der Waals surface area contributed by atoms with Crippen molar-refractivity contribution in [2.75, 3.05) is 20.1 Å². The lowest BCUT2D eigenvalue weighted by Crippen LogP contribution is -2.34. The van der Waals surface area contributed by atoms with E-state index in [9.17, 15) is 9.59 Å². The Morgan fingerprint density at radius 3 is 2.88 bits per heavy atom. The van der Waals surface area contributed by atoms with Crippen molar-refractivity contribution >= 4 is 12.2 Å². The van der Waals surface area contributed by atoms with Crippen molar-refractivity contribution in [3.8, 4) is 0 Å². The van der Waals surface area contributed by atoms with E-state index in [4.69, 9.17) is 4.42 Å². The normalized spacial score (nSPS) is 10.4. The first-order valence-corrected chi connectivity index (χ1v) is 5.14. The van der Waals surface area contributed by atoms with Crippen molar-refractivity contribution in [3.05, 3.63) is 23.7 Å². The number of hydrogen-bond donors (Lipinski definition) is 1. The molecule has 0 spiro atoms. The molecule has 0 aliphatic carbocycles. The van der Waals surface area contributed by atoms with Gasteiger partial charge in [-0.05, 0) is 26.1 Å². The molecule has 1 heterocycles. The Labute approximate surface area is 94.4 Å². The number of carbonyl (C=O) groups is 2. The molecule has 1 N–H and O–H groups in total. The Morgan fingerprint density at radius 2 is 2.31 bits per heavy atom. The molecule has 1 rings (SSSR count). The predicted octanol–water partition coefficient (Wildman–Crippen LogP) is 0.660. The van der Waals surface area contributed by atoms with Gasteiger partial charge in [0.15, 0.2) is 12.0 Å². The molecule has 5 nitrogen and oxygen atoms in total. The second-order valence-corrected chi connectivity index (χ2v) is 3.55. The van der Waals surface area contributed by atoms with Crippen molar-refractivity contribution in [3.63, 3.8) is 0 Å². The number of carbonyl (C=O) groups excluding carboxylic acids is 2. The highest BCUT2D eigenvalue weighted by Crippen LogP contribution is 2.07. The zero-order chi connectivity index (χ0) is 12.0. The van der Waals surface area contributed by atoms with Crippen LogP contribution in [0.5, 0.6) is 0 Å². The summed E-state index contributed by atoms with van der Waals surface area (Å²) >= 11 is 0. The Balaban J connectivity index is 2.41. The third-order valence-corrected chi connectivity index (χ3v) is 2.01. The smallest absolute Gasteiger partial charge is 0.234 e. The molecular formula is C11H16N2O3. The highest BCUT2D eigenvalue weighted by atomic mass is 16.3. The molecule has 88 valence electrons. The monoisotopic (exact) mass is 224 g/mol. The predicted molar refractivity (Wildman–Crippen MR) is 59.1 cm³/mol. The van der Waals surface area contributed by atoms with Gasteiger partial charge in [-0.15, -0.1) is 0 Å². The molecule has 0 aliphatic rings. The van der Waals surface area contributed by atoms with Gasteiger partial charge < -0.3 is 9.73 Å². The molecule has 0 saturated carbocycles. The first kappa shape index (κ1) is 12.4. The molecule has 1 aromatic heterocycles. The van der Waals surface area contributed by atoms with Gasteiger partial charge in [-0.25, -0.2) is 0 Å². The molecule has 0 saturated heterocycles. The quantitative estimate of drug-likeness (QED) is 0.721. The molecule has 16 heavy (non-hydrogen) atoms. The highest BCUT2D eigenvalue weighted by molar-refractivity contribution is 5.77. The minimum atomic E-state index is -0.0211. The number of likely N-dealkylation sites (N-methyl/N-ethyl adjacent to an activating group) is 2. The van der Waals surface area contributed by atoms with Crippen molar-refractivity contribution in [1.29, 1.82) is 0 Å². The Morgan fingerprint density at radius 1 is 1.56 bits per heavy atom. The van der Waals surface area contributed by atoms with Crippen LogP contribution in [0.2, 0.25) is 0 Å². The van der Waals surface area contributed by atoms with Gasteiger partial charge in [-0.2, -0.15) is 0 Å². The van der Waals surface area contributed by atoms with Crippen LogP contribution >= 0.6 is 0 Å². The minimum absolute atomic E-state index is 0.0211. The summed E-state index contributed by atoms with van der Waals surface area (Å²) in [7, 11) is 1.82. The van der Waals surface area contributed by atoms with Gasteiger partial charge in [0.25, 0.3) is 0 Å². The summed E-state index contributed by atoms with van der Waals surface area (Å²) in [4.78, 5) is 23.5. The fraction of sp³-hybridized carbons (Fsp3) is 0.455. The number of nitrogens with one attached hydrogen (secondary N) is 1. The lowest BCUT2D eigenvalue weighted by Gasteiger charge is -2.14. The van der Waals surface area contributed by atoms with Crippen molar-refractivity contribution < 1.29 is 14.0 Å². The second-order valence-electron chi connectivity index (χ2n) is 3.55. The van der Waals surface area contributed by atoms with E-state index in [0.717, 1.165) is 0 Å². The lowest BCUT2D eigenvalue weighted by molar-refractivity contribution is -0.122. The van der Waals surface area contributed by atoms with E-state index < -0.39 is 0 Å². The summed E-state index contributed by atoms with van der Waals surface area (Å²) in [6.07, 6.45) is 0.660. The Kier molecular flexibility index (Phi) is 4.72. The number of amides is 1. The van der Waals surface area contributed by atoms with E-state index in [0.29, 0.717) is 37.4 Å². The van der Waals surface area contributed by atoms with Crippen molar-refractivity contribution in [2.24, 2.45) is 0 Å². The zero-order valence-electron chi connectivity index (χ0n) is 9.53. The number of rotatable bonds is 6. The van der Waals surface area contributed by atoms with Crippen LogP contribution in [0, 0.1) is 0 Å². The SMILES string of the molecule is CCNC(=O)CN(C)Cc1ccc(C=O)o1. The van der Waals surface area contributed by atoms with Crippen LogP contribution in [0.1, 0.15) is 23.2 Å². The van der Waals surface area contributed by atoms with Crippen LogP contribution in [0.25, 0.3) is 0 Å². The summed E-state index contributed by atoms with van der Waals surface area (Å²) in [6.45, 7) is 3.32. The van der Waals surface area contributed by atoms with Gasteiger partial charge in [0, 0.05) is 6.54 Å². The molecule has 5 heteroatoms. The topological polar surface area (TPSA) is 62.6 Å². The van der Waals surface area contributed by atoms with Crippen LogP contribution in [0.3, 0.4) is 0 Å². The molecule has 1 aromatic rings. The molecule has 0 atom stereocenters. The molecule has 0 radical (unpaired) electrons. The van der Waals surface area contributed by atoms with Gasteiger partial charge in [-0.1, -0.05) is 0 Å². The fourth-order valence-electron chi connectivity index (χ4n) is 1.36. The van der Waals surface area contributed by atoms with Crippen LogP contribution < -0.4 is 5.32 Å². The summed E-state index contributed by atoms with van der Waals surface area (Å²) in [5, 5.41) is 2.71. The number of furan rings is 1. The third-order valence-electron chi connectivity index (χ3n) is 2.01. The van der Waals surface area contributed by atoms with E-state index >= 15 is 0 Å². The minimum Gasteiger partial charge on any atom is -0.457 e.